The quantitative estimate of drug-likeness (QED) is 0.468. The number of carbonyl (C=O) groups excluding carboxylic acids is 1. The van der Waals surface area contributed by atoms with E-state index in [9.17, 15) is 4.79 Å². The van der Waals surface area contributed by atoms with E-state index in [1.807, 2.05) is 0 Å². The standard InChI is InChI=1S/C12H24O4/c1-3-4-5-6-7-8-9-16-12(15)11(14)10(2)13/h10-11,13-14H,3-9H2,1-2H3. The summed E-state index contributed by atoms with van der Waals surface area (Å²) in [4.78, 5) is 11.1. The Hall–Kier alpha value is -0.610. The van der Waals surface area contributed by atoms with Crippen LogP contribution < -0.4 is 0 Å². The number of ether oxygens (including phenoxy) is 1. The molecule has 0 spiro atoms. The number of hydrogen-bond acceptors (Lipinski definition) is 4. The SMILES string of the molecule is CCCCCCCCOC(=O)C(O)C(C)O. The molecule has 0 heterocycles. The van der Waals surface area contributed by atoms with Gasteiger partial charge in [0.15, 0.2) is 6.10 Å². The van der Waals surface area contributed by atoms with Gasteiger partial charge >= 0.3 is 5.97 Å². The van der Waals surface area contributed by atoms with Crippen LogP contribution in [0.3, 0.4) is 0 Å². The van der Waals surface area contributed by atoms with Crippen LogP contribution in [0.25, 0.3) is 0 Å². The molecule has 0 bridgehead atoms. The van der Waals surface area contributed by atoms with Crippen molar-refractivity contribution in [3.05, 3.63) is 0 Å². The van der Waals surface area contributed by atoms with Crippen LogP contribution in [0.15, 0.2) is 0 Å². The summed E-state index contributed by atoms with van der Waals surface area (Å²) in [6.45, 7) is 3.85. The maximum atomic E-state index is 11.1. The first-order chi connectivity index (χ1) is 7.59. The summed E-state index contributed by atoms with van der Waals surface area (Å²) >= 11 is 0. The third kappa shape index (κ3) is 7.65. The number of carbonyl (C=O) groups is 1. The molecule has 2 N–H and O–H groups in total. The van der Waals surface area contributed by atoms with Crippen molar-refractivity contribution < 1.29 is 19.7 Å². The summed E-state index contributed by atoms with van der Waals surface area (Å²) in [5, 5.41) is 18.1. The molecule has 2 atom stereocenters. The number of aliphatic hydroxyl groups is 2. The Morgan fingerprint density at radius 2 is 1.69 bits per heavy atom. The van der Waals surface area contributed by atoms with E-state index >= 15 is 0 Å². The molecule has 0 rings (SSSR count). The minimum atomic E-state index is -1.42. The van der Waals surface area contributed by atoms with Crippen LogP contribution >= 0.6 is 0 Å². The van der Waals surface area contributed by atoms with E-state index in [-0.39, 0.29) is 0 Å². The Kier molecular flexibility index (Phi) is 9.24. The van der Waals surface area contributed by atoms with Crippen molar-refractivity contribution in [2.45, 2.75) is 64.6 Å². The molecule has 0 saturated carbocycles. The summed E-state index contributed by atoms with van der Waals surface area (Å²) in [7, 11) is 0. The van der Waals surface area contributed by atoms with Gasteiger partial charge in [-0.1, -0.05) is 39.0 Å². The lowest BCUT2D eigenvalue weighted by Crippen LogP contribution is -2.33. The van der Waals surface area contributed by atoms with E-state index in [1.54, 1.807) is 0 Å². The molecular weight excluding hydrogens is 208 g/mol. The van der Waals surface area contributed by atoms with Crippen LogP contribution in [0.2, 0.25) is 0 Å². The molecule has 4 heteroatoms. The third-order valence-corrected chi connectivity index (χ3v) is 2.44. The van der Waals surface area contributed by atoms with Gasteiger partial charge in [0.25, 0.3) is 0 Å². The lowest BCUT2D eigenvalue weighted by Gasteiger charge is -2.12. The van der Waals surface area contributed by atoms with Gasteiger partial charge in [0.1, 0.15) is 0 Å². The molecule has 0 fully saturated rings. The lowest BCUT2D eigenvalue weighted by atomic mass is 10.1. The van der Waals surface area contributed by atoms with E-state index in [2.05, 4.69) is 6.92 Å². The van der Waals surface area contributed by atoms with E-state index < -0.39 is 18.2 Å². The monoisotopic (exact) mass is 232 g/mol. The van der Waals surface area contributed by atoms with E-state index in [0.29, 0.717) is 6.61 Å². The van der Waals surface area contributed by atoms with E-state index in [4.69, 9.17) is 14.9 Å². The molecule has 4 nitrogen and oxygen atoms in total. The van der Waals surface area contributed by atoms with Gasteiger partial charge in [0.2, 0.25) is 0 Å². The van der Waals surface area contributed by atoms with Gasteiger partial charge in [-0.15, -0.1) is 0 Å². The molecule has 0 aliphatic carbocycles. The molecule has 16 heavy (non-hydrogen) atoms. The second-order valence-electron chi connectivity index (χ2n) is 4.12. The maximum Gasteiger partial charge on any atom is 0.337 e. The van der Waals surface area contributed by atoms with Crippen molar-refractivity contribution in [1.29, 1.82) is 0 Å². The Balaban J connectivity index is 3.34. The van der Waals surface area contributed by atoms with Crippen molar-refractivity contribution in [3.8, 4) is 0 Å². The zero-order valence-electron chi connectivity index (χ0n) is 10.3. The highest BCUT2D eigenvalue weighted by atomic mass is 16.5. The normalized spacial score (nSPS) is 14.5. The van der Waals surface area contributed by atoms with Crippen LogP contribution in [-0.2, 0) is 9.53 Å². The molecule has 0 saturated heterocycles. The largest absolute Gasteiger partial charge is 0.464 e. The Morgan fingerprint density at radius 1 is 1.12 bits per heavy atom. The second-order valence-corrected chi connectivity index (χ2v) is 4.12. The van der Waals surface area contributed by atoms with Gasteiger partial charge in [0, 0.05) is 0 Å². The highest BCUT2D eigenvalue weighted by Gasteiger charge is 2.21. The molecule has 0 aromatic carbocycles. The summed E-state index contributed by atoms with van der Waals surface area (Å²) in [5.74, 6) is -0.733. The first-order valence-corrected chi connectivity index (χ1v) is 6.12. The van der Waals surface area contributed by atoms with Crippen LogP contribution in [0.4, 0.5) is 0 Å². The van der Waals surface area contributed by atoms with Gasteiger partial charge in [0.05, 0.1) is 12.7 Å². The van der Waals surface area contributed by atoms with E-state index in [0.717, 1.165) is 19.3 Å². The molecule has 0 amide bonds. The van der Waals surface area contributed by atoms with Crippen molar-refractivity contribution in [1.82, 2.24) is 0 Å². The molecule has 0 radical (unpaired) electrons. The average Bonchev–Trinajstić information content (AvgIpc) is 2.26. The molecular formula is C12H24O4. The topological polar surface area (TPSA) is 66.8 Å². The summed E-state index contributed by atoms with van der Waals surface area (Å²) in [6.07, 6.45) is 4.22. The van der Waals surface area contributed by atoms with Crippen LogP contribution in [0.1, 0.15) is 52.4 Å². The summed E-state index contributed by atoms with van der Waals surface area (Å²) in [5.41, 5.74) is 0. The molecule has 0 aliphatic rings. The Labute approximate surface area is 97.6 Å². The number of unbranched alkanes of at least 4 members (excludes halogenated alkanes) is 5. The fraction of sp³-hybridized carbons (Fsp3) is 0.917. The average molecular weight is 232 g/mol. The minimum Gasteiger partial charge on any atom is -0.464 e. The van der Waals surface area contributed by atoms with Gasteiger partial charge in [-0.3, -0.25) is 0 Å². The highest BCUT2D eigenvalue weighted by molar-refractivity contribution is 5.74. The van der Waals surface area contributed by atoms with Crippen molar-refractivity contribution in [3.63, 3.8) is 0 Å². The number of aliphatic hydroxyl groups excluding tert-OH is 2. The van der Waals surface area contributed by atoms with Crippen molar-refractivity contribution in [2.24, 2.45) is 0 Å². The number of esters is 1. The molecule has 0 aromatic rings. The summed E-state index contributed by atoms with van der Waals surface area (Å²) in [6, 6.07) is 0. The molecule has 2 unspecified atom stereocenters. The van der Waals surface area contributed by atoms with Crippen LogP contribution in [0, 0.1) is 0 Å². The Morgan fingerprint density at radius 3 is 2.25 bits per heavy atom. The molecule has 0 aliphatic heterocycles. The number of rotatable bonds is 9. The van der Waals surface area contributed by atoms with Gasteiger partial charge < -0.3 is 14.9 Å². The lowest BCUT2D eigenvalue weighted by molar-refractivity contribution is -0.159. The first-order valence-electron chi connectivity index (χ1n) is 6.12. The smallest absolute Gasteiger partial charge is 0.337 e. The third-order valence-electron chi connectivity index (χ3n) is 2.44. The fourth-order valence-electron chi connectivity index (χ4n) is 1.34. The zero-order valence-corrected chi connectivity index (χ0v) is 10.3. The van der Waals surface area contributed by atoms with Crippen molar-refractivity contribution in [2.75, 3.05) is 6.61 Å². The predicted molar refractivity (Wildman–Crippen MR) is 62.0 cm³/mol. The fourth-order valence-corrected chi connectivity index (χ4v) is 1.34. The molecule has 0 aromatic heterocycles. The van der Waals surface area contributed by atoms with Gasteiger partial charge in [-0.05, 0) is 13.3 Å². The predicted octanol–water partition coefficient (Wildman–Crippen LogP) is 1.63. The minimum absolute atomic E-state index is 0.328. The van der Waals surface area contributed by atoms with Crippen LogP contribution in [0.5, 0.6) is 0 Å². The molecule has 96 valence electrons. The van der Waals surface area contributed by atoms with Gasteiger partial charge in [-0.2, -0.15) is 0 Å². The van der Waals surface area contributed by atoms with E-state index in [1.165, 1.54) is 26.2 Å². The van der Waals surface area contributed by atoms with Crippen molar-refractivity contribution >= 4 is 5.97 Å². The van der Waals surface area contributed by atoms with Gasteiger partial charge in [-0.25, -0.2) is 4.79 Å². The zero-order chi connectivity index (χ0) is 12.4. The summed E-state index contributed by atoms with van der Waals surface area (Å²) < 4.78 is 4.82. The maximum absolute atomic E-state index is 11.1. The highest BCUT2D eigenvalue weighted by Crippen LogP contribution is 2.05. The number of hydrogen-bond donors (Lipinski definition) is 2. The Bertz CT molecular complexity index is 180. The first kappa shape index (κ1) is 15.4. The van der Waals surface area contributed by atoms with Crippen LogP contribution in [-0.4, -0.2) is 35.0 Å². The second kappa shape index (κ2) is 9.60.